The highest BCUT2D eigenvalue weighted by atomic mass is 35.5. The zero-order valence-electron chi connectivity index (χ0n) is 10.0. The van der Waals surface area contributed by atoms with Crippen molar-refractivity contribution in [3.05, 3.63) is 57.1 Å². The fourth-order valence-electron chi connectivity index (χ4n) is 1.74. The SMILES string of the molecule is Cc1cc(-c2ccc(Cl)cc2)c(C#N)c(N=[N+]=[N-])n1. The van der Waals surface area contributed by atoms with Gasteiger partial charge in [0.25, 0.3) is 0 Å². The van der Waals surface area contributed by atoms with Gasteiger partial charge in [-0.3, -0.25) is 4.98 Å². The molecule has 0 radical (unpaired) electrons. The van der Waals surface area contributed by atoms with E-state index in [1.165, 1.54) is 0 Å². The van der Waals surface area contributed by atoms with Crippen molar-refractivity contribution in [2.24, 2.45) is 5.11 Å². The number of aromatic nitrogens is 1. The Hall–Kier alpha value is -2.54. The van der Waals surface area contributed by atoms with E-state index in [0.29, 0.717) is 16.3 Å². The van der Waals surface area contributed by atoms with Gasteiger partial charge >= 0.3 is 0 Å². The topological polar surface area (TPSA) is 85.4 Å². The number of pyridine rings is 1. The minimum absolute atomic E-state index is 0.0925. The van der Waals surface area contributed by atoms with E-state index < -0.39 is 0 Å². The Kier molecular flexibility index (Phi) is 3.67. The van der Waals surface area contributed by atoms with Gasteiger partial charge in [-0.25, -0.2) is 0 Å². The lowest BCUT2D eigenvalue weighted by atomic mass is 10.0. The second kappa shape index (κ2) is 5.40. The minimum atomic E-state index is 0.0925. The second-order valence-corrected chi connectivity index (χ2v) is 4.25. The lowest BCUT2D eigenvalue weighted by molar-refractivity contribution is 1.16. The average molecular weight is 270 g/mol. The van der Waals surface area contributed by atoms with E-state index in [1.807, 2.05) is 6.07 Å². The number of nitrogens with zero attached hydrogens (tertiary/aromatic N) is 5. The molecule has 1 aromatic heterocycles. The van der Waals surface area contributed by atoms with Gasteiger partial charge in [0.15, 0.2) is 0 Å². The van der Waals surface area contributed by atoms with Gasteiger partial charge < -0.3 is 0 Å². The zero-order valence-corrected chi connectivity index (χ0v) is 10.8. The largest absolute Gasteiger partial charge is 0.250 e. The maximum atomic E-state index is 9.23. The van der Waals surface area contributed by atoms with Crippen LogP contribution in [0.2, 0.25) is 5.02 Å². The highest BCUT2D eigenvalue weighted by Crippen LogP contribution is 2.30. The highest BCUT2D eigenvalue weighted by molar-refractivity contribution is 6.30. The van der Waals surface area contributed by atoms with Crippen molar-refractivity contribution >= 4 is 17.4 Å². The summed E-state index contributed by atoms with van der Waals surface area (Å²) in [5.41, 5.74) is 10.9. The third kappa shape index (κ3) is 2.66. The molecule has 6 heteroatoms. The summed E-state index contributed by atoms with van der Waals surface area (Å²) in [5.74, 6) is 0.0925. The van der Waals surface area contributed by atoms with Crippen LogP contribution in [0.15, 0.2) is 35.4 Å². The Morgan fingerprint density at radius 1 is 1.37 bits per heavy atom. The summed E-state index contributed by atoms with van der Waals surface area (Å²) in [6.07, 6.45) is 0. The molecular formula is C13H8ClN5. The molecular weight excluding hydrogens is 262 g/mol. The number of hydrogen-bond acceptors (Lipinski definition) is 3. The Morgan fingerprint density at radius 3 is 2.63 bits per heavy atom. The zero-order chi connectivity index (χ0) is 13.8. The van der Waals surface area contributed by atoms with Gasteiger partial charge in [-0.15, -0.1) is 0 Å². The summed E-state index contributed by atoms with van der Waals surface area (Å²) in [6, 6.07) is 10.9. The number of benzene rings is 1. The number of nitriles is 1. The van der Waals surface area contributed by atoms with Gasteiger partial charge in [-0.2, -0.15) is 5.26 Å². The Morgan fingerprint density at radius 2 is 2.05 bits per heavy atom. The van der Waals surface area contributed by atoms with Crippen molar-refractivity contribution in [3.63, 3.8) is 0 Å². The number of azide groups is 1. The van der Waals surface area contributed by atoms with Crippen LogP contribution in [-0.2, 0) is 0 Å². The molecule has 0 N–H and O–H groups in total. The normalized spacial score (nSPS) is 9.53. The molecule has 0 fully saturated rings. The molecule has 92 valence electrons. The predicted octanol–water partition coefficient (Wildman–Crippen LogP) is 4.52. The Bertz CT molecular complexity index is 709. The summed E-state index contributed by atoms with van der Waals surface area (Å²) in [5, 5.41) is 13.3. The van der Waals surface area contributed by atoms with Crippen molar-refractivity contribution < 1.29 is 0 Å². The van der Waals surface area contributed by atoms with Crippen LogP contribution in [0, 0.1) is 18.3 Å². The molecule has 1 heterocycles. The molecule has 0 aliphatic rings. The van der Waals surface area contributed by atoms with Gasteiger partial charge in [-0.05, 0) is 41.3 Å². The van der Waals surface area contributed by atoms with E-state index in [4.69, 9.17) is 17.1 Å². The molecule has 1 aromatic carbocycles. The van der Waals surface area contributed by atoms with E-state index in [-0.39, 0.29) is 11.4 Å². The van der Waals surface area contributed by atoms with E-state index in [2.05, 4.69) is 15.0 Å². The van der Waals surface area contributed by atoms with Crippen molar-refractivity contribution in [1.29, 1.82) is 5.26 Å². The third-order valence-corrected chi connectivity index (χ3v) is 2.79. The molecule has 0 unspecified atom stereocenters. The smallest absolute Gasteiger partial charge is 0.145 e. The molecule has 0 saturated heterocycles. The lowest BCUT2D eigenvalue weighted by Crippen LogP contribution is -1.91. The number of halogens is 1. The Balaban J connectivity index is 2.72. The second-order valence-electron chi connectivity index (χ2n) is 3.82. The maximum Gasteiger partial charge on any atom is 0.145 e. The third-order valence-electron chi connectivity index (χ3n) is 2.53. The standard InChI is InChI=1S/C13H8ClN5/c1-8-6-11(9-2-4-10(14)5-3-9)12(7-15)13(17-8)18-19-16/h2-6H,1H3. The molecule has 19 heavy (non-hydrogen) atoms. The van der Waals surface area contributed by atoms with E-state index in [1.54, 1.807) is 37.3 Å². The first-order valence-corrected chi connectivity index (χ1v) is 5.76. The van der Waals surface area contributed by atoms with Crippen molar-refractivity contribution in [1.82, 2.24) is 4.98 Å². The summed E-state index contributed by atoms with van der Waals surface area (Å²) < 4.78 is 0. The number of hydrogen-bond donors (Lipinski definition) is 0. The summed E-state index contributed by atoms with van der Waals surface area (Å²) in [7, 11) is 0. The lowest BCUT2D eigenvalue weighted by Gasteiger charge is -2.07. The summed E-state index contributed by atoms with van der Waals surface area (Å²) in [6.45, 7) is 1.77. The molecule has 0 atom stereocenters. The average Bonchev–Trinajstić information content (AvgIpc) is 2.39. The van der Waals surface area contributed by atoms with Crippen LogP contribution in [-0.4, -0.2) is 4.98 Å². The molecule has 0 aliphatic heterocycles. The molecule has 0 spiro atoms. The summed E-state index contributed by atoms with van der Waals surface area (Å²) >= 11 is 5.84. The van der Waals surface area contributed by atoms with Gasteiger partial charge in [0, 0.05) is 21.2 Å². The predicted molar refractivity (Wildman–Crippen MR) is 72.9 cm³/mol. The molecule has 0 amide bonds. The first kappa shape index (κ1) is 12.9. The van der Waals surface area contributed by atoms with Crippen molar-refractivity contribution in [2.45, 2.75) is 6.92 Å². The van der Waals surface area contributed by atoms with E-state index in [9.17, 15) is 5.26 Å². The molecule has 2 aromatic rings. The maximum absolute atomic E-state index is 9.23. The molecule has 0 saturated carbocycles. The van der Waals surface area contributed by atoms with Gasteiger partial charge in [0.2, 0.25) is 0 Å². The van der Waals surface area contributed by atoms with Gasteiger partial charge in [0.05, 0.1) is 5.56 Å². The van der Waals surface area contributed by atoms with Crippen molar-refractivity contribution in [3.8, 4) is 17.2 Å². The van der Waals surface area contributed by atoms with Crippen LogP contribution in [0.1, 0.15) is 11.3 Å². The van der Waals surface area contributed by atoms with Crippen LogP contribution in [0.5, 0.6) is 0 Å². The molecule has 0 bridgehead atoms. The fraction of sp³-hybridized carbons (Fsp3) is 0.0769. The van der Waals surface area contributed by atoms with Crippen LogP contribution < -0.4 is 0 Å². The Labute approximate surface area is 114 Å². The van der Waals surface area contributed by atoms with Crippen LogP contribution >= 0.6 is 11.6 Å². The fourth-order valence-corrected chi connectivity index (χ4v) is 1.86. The van der Waals surface area contributed by atoms with Crippen LogP contribution in [0.3, 0.4) is 0 Å². The van der Waals surface area contributed by atoms with E-state index >= 15 is 0 Å². The highest BCUT2D eigenvalue weighted by Gasteiger charge is 2.11. The molecule has 5 nitrogen and oxygen atoms in total. The first-order valence-electron chi connectivity index (χ1n) is 5.38. The van der Waals surface area contributed by atoms with Crippen LogP contribution in [0.25, 0.3) is 21.6 Å². The van der Waals surface area contributed by atoms with Crippen LogP contribution in [0.4, 0.5) is 5.82 Å². The minimum Gasteiger partial charge on any atom is -0.250 e. The van der Waals surface area contributed by atoms with Gasteiger partial charge in [0.1, 0.15) is 11.9 Å². The van der Waals surface area contributed by atoms with Crippen molar-refractivity contribution in [2.75, 3.05) is 0 Å². The number of rotatable bonds is 2. The first-order chi connectivity index (χ1) is 9.15. The molecule has 0 aliphatic carbocycles. The van der Waals surface area contributed by atoms with Gasteiger partial charge in [-0.1, -0.05) is 23.7 Å². The number of aryl methyl sites for hydroxylation is 1. The quantitative estimate of drug-likeness (QED) is 0.456. The monoisotopic (exact) mass is 269 g/mol. The molecule has 2 rings (SSSR count). The summed E-state index contributed by atoms with van der Waals surface area (Å²) in [4.78, 5) is 6.76. The van der Waals surface area contributed by atoms with E-state index in [0.717, 1.165) is 5.56 Å².